The Morgan fingerprint density at radius 2 is 2.31 bits per heavy atom. The van der Waals surface area contributed by atoms with Crippen molar-refractivity contribution in [1.82, 2.24) is 4.98 Å². The molecule has 0 aliphatic heterocycles. The molecule has 1 fully saturated rings. The molecule has 1 heterocycles. The molecule has 1 aliphatic carbocycles. The van der Waals surface area contributed by atoms with Gasteiger partial charge in [-0.3, -0.25) is 0 Å². The van der Waals surface area contributed by atoms with Crippen molar-refractivity contribution in [3.05, 3.63) is 22.8 Å². The molecule has 1 saturated carbocycles. The maximum absolute atomic E-state index is 5.78. The van der Waals surface area contributed by atoms with Crippen LogP contribution in [0.1, 0.15) is 25.7 Å². The number of rotatable bonds is 5. The molecule has 0 spiro atoms. The lowest BCUT2D eigenvalue weighted by Crippen LogP contribution is -2.41. The third-order valence-electron chi connectivity index (χ3n) is 3.06. The Bertz CT molecular complexity index is 342. The van der Waals surface area contributed by atoms with Gasteiger partial charge in [0.05, 0.1) is 4.47 Å². The van der Waals surface area contributed by atoms with Gasteiger partial charge >= 0.3 is 0 Å². The number of nitrogens with zero attached hydrogens (tertiary/aromatic N) is 2. The quantitative estimate of drug-likeness (QED) is 0.769. The van der Waals surface area contributed by atoms with Crippen LogP contribution in [0.3, 0.4) is 0 Å². The van der Waals surface area contributed by atoms with E-state index in [0.717, 1.165) is 23.3 Å². The van der Waals surface area contributed by atoms with Crippen LogP contribution >= 0.6 is 27.5 Å². The summed E-state index contributed by atoms with van der Waals surface area (Å²) in [7, 11) is 0. The highest BCUT2D eigenvalue weighted by Crippen LogP contribution is 2.32. The predicted octanol–water partition coefficient (Wildman–Crippen LogP) is 3.83. The van der Waals surface area contributed by atoms with Gasteiger partial charge in [0, 0.05) is 24.7 Å². The zero-order valence-corrected chi connectivity index (χ0v) is 11.5. The molecule has 0 radical (unpaired) electrons. The van der Waals surface area contributed by atoms with E-state index in [0.29, 0.717) is 11.9 Å². The van der Waals surface area contributed by atoms with E-state index in [-0.39, 0.29) is 0 Å². The molecular formula is C12H16BrClN2. The van der Waals surface area contributed by atoms with E-state index < -0.39 is 0 Å². The van der Waals surface area contributed by atoms with E-state index in [1.165, 1.54) is 19.3 Å². The summed E-state index contributed by atoms with van der Waals surface area (Å²) in [5.74, 6) is 1.78. The minimum Gasteiger partial charge on any atom is -0.353 e. The first kappa shape index (κ1) is 12.2. The molecule has 1 aromatic heterocycles. The van der Waals surface area contributed by atoms with Crippen LogP contribution in [0.25, 0.3) is 0 Å². The van der Waals surface area contributed by atoms with Crippen LogP contribution in [0.5, 0.6) is 0 Å². The van der Waals surface area contributed by atoms with Crippen molar-refractivity contribution in [3.63, 3.8) is 0 Å². The first-order chi connectivity index (χ1) is 7.83. The summed E-state index contributed by atoms with van der Waals surface area (Å²) in [6, 6.07) is 4.66. The third-order valence-corrected chi connectivity index (χ3v) is 3.95. The molecule has 2 nitrogen and oxygen atoms in total. The molecule has 0 N–H and O–H groups in total. The minimum absolute atomic E-state index is 0.661. The molecule has 1 aromatic rings. The fourth-order valence-electron chi connectivity index (χ4n) is 1.98. The van der Waals surface area contributed by atoms with Crippen LogP contribution in [-0.2, 0) is 0 Å². The van der Waals surface area contributed by atoms with Crippen LogP contribution < -0.4 is 4.90 Å². The van der Waals surface area contributed by atoms with Gasteiger partial charge in [-0.25, -0.2) is 4.98 Å². The SMILES string of the molecule is ClCCCN(c1ncccc1Br)C1CCC1. The zero-order valence-electron chi connectivity index (χ0n) is 9.20. The highest BCUT2D eigenvalue weighted by atomic mass is 79.9. The number of anilines is 1. The van der Waals surface area contributed by atoms with E-state index in [1.54, 1.807) is 0 Å². The second kappa shape index (κ2) is 5.87. The number of hydrogen-bond donors (Lipinski definition) is 0. The maximum Gasteiger partial charge on any atom is 0.143 e. The Kier molecular flexibility index (Phi) is 4.47. The maximum atomic E-state index is 5.78. The topological polar surface area (TPSA) is 16.1 Å². The van der Waals surface area contributed by atoms with Gasteiger partial charge in [-0.05, 0) is 53.7 Å². The van der Waals surface area contributed by atoms with Crippen molar-refractivity contribution in [2.45, 2.75) is 31.7 Å². The van der Waals surface area contributed by atoms with Crippen molar-refractivity contribution in [2.75, 3.05) is 17.3 Å². The number of pyridine rings is 1. The summed E-state index contributed by atoms with van der Waals surface area (Å²) >= 11 is 9.35. The summed E-state index contributed by atoms with van der Waals surface area (Å²) in [5, 5.41) is 0. The van der Waals surface area contributed by atoms with Gasteiger partial charge in [-0.15, -0.1) is 11.6 Å². The first-order valence-corrected chi connectivity index (χ1v) is 7.09. The van der Waals surface area contributed by atoms with Gasteiger partial charge < -0.3 is 4.90 Å². The molecule has 0 amide bonds. The minimum atomic E-state index is 0.661. The van der Waals surface area contributed by atoms with Gasteiger partial charge in [0.25, 0.3) is 0 Å². The highest BCUT2D eigenvalue weighted by Gasteiger charge is 2.26. The molecule has 0 unspecified atom stereocenters. The molecule has 0 atom stereocenters. The molecule has 88 valence electrons. The van der Waals surface area contributed by atoms with Gasteiger partial charge in [-0.1, -0.05) is 0 Å². The summed E-state index contributed by atoms with van der Waals surface area (Å²) < 4.78 is 1.08. The fourth-order valence-corrected chi connectivity index (χ4v) is 2.58. The smallest absolute Gasteiger partial charge is 0.143 e. The number of halogens is 2. The Morgan fingerprint density at radius 3 is 2.88 bits per heavy atom. The molecule has 0 aromatic carbocycles. The third kappa shape index (κ3) is 2.69. The van der Waals surface area contributed by atoms with Crippen LogP contribution in [0.15, 0.2) is 22.8 Å². The number of hydrogen-bond acceptors (Lipinski definition) is 2. The fraction of sp³-hybridized carbons (Fsp3) is 0.583. The Labute approximate surface area is 110 Å². The monoisotopic (exact) mass is 302 g/mol. The summed E-state index contributed by atoms with van der Waals surface area (Å²) in [6.45, 7) is 1.00. The molecule has 1 aliphatic rings. The second-order valence-corrected chi connectivity index (χ2v) is 5.36. The summed E-state index contributed by atoms with van der Waals surface area (Å²) in [6.07, 6.45) is 6.77. The van der Waals surface area contributed by atoms with Gasteiger partial charge in [-0.2, -0.15) is 0 Å². The zero-order chi connectivity index (χ0) is 11.4. The lowest BCUT2D eigenvalue weighted by Gasteiger charge is -2.38. The Morgan fingerprint density at radius 1 is 1.50 bits per heavy atom. The molecule has 4 heteroatoms. The molecule has 0 saturated heterocycles. The standard InChI is InChI=1S/C12H16BrClN2/c13-11-6-2-8-15-12(11)16(9-3-7-14)10-4-1-5-10/h2,6,8,10H,1,3-5,7,9H2. The Balaban J connectivity index is 2.13. The van der Waals surface area contributed by atoms with Crippen LogP contribution in [0, 0.1) is 0 Å². The number of alkyl halides is 1. The van der Waals surface area contributed by atoms with E-state index in [4.69, 9.17) is 11.6 Å². The van der Waals surface area contributed by atoms with Crippen LogP contribution in [0.2, 0.25) is 0 Å². The normalized spacial score (nSPS) is 15.9. The lowest BCUT2D eigenvalue weighted by molar-refractivity contribution is 0.383. The molecule has 2 rings (SSSR count). The van der Waals surface area contributed by atoms with E-state index in [2.05, 4.69) is 31.9 Å². The van der Waals surface area contributed by atoms with Crippen molar-refractivity contribution in [3.8, 4) is 0 Å². The highest BCUT2D eigenvalue weighted by molar-refractivity contribution is 9.10. The second-order valence-electron chi connectivity index (χ2n) is 4.13. The predicted molar refractivity (Wildman–Crippen MR) is 72.3 cm³/mol. The average molecular weight is 304 g/mol. The number of aromatic nitrogens is 1. The summed E-state index contributed by atoms with van der Waals surface area (Å²) in [4.78, 5) is 6.87. The molecular weight excluding hydrogens is 288 g/mol. The lowest BCUT2D eigenvalue weighted by atomic mass is 9.91. The van der Waals surface area contributed by atoms with Gasteiger partial charge in [0.1, 0.15) is 5.82 Å². The van der Waals surface area contributed by atoms with Crippen molar-refractivity contribution >= 4 is 33.3 Å². The van der Waals surface area contributed by atoms with Crippen molar-refractivity contribution in [2.24, 2.45) is 0 Å². The van der Waals surface area contributed by atoms with Crippen molar-refractivity contribution in [1.29, 1.82) is 0 Å². The first-order valence-electron chi connectivity index (χ1n) is 5.76. The molecule has 0 bridgehead atoms. The van der Waals surface area contributed by atoms with E-state index in [9.17, 15) is 0 Å². The summed E-state index contributed by atoms with van der Waals surface area (Å²) in [5.41, 5.74) is 0. The Hall–Kier alpha value is -0.280. The van der Waals surface area contributed by atoms with Crippen LogP contribution in [-0.4, -0.2) is 23.5 Å². The van der Waals surface area contributed by atoms with E-state index in [1.807, 2.05) is 12.3 Å². The van der Waals surface area contributed by atoms with Crippen molar-refractivity contribution < 1.29 is 0 Å². The van der Waals surface area contributed by atoms with E-state index >= 15 is 0 Å². The molecule has 16 heavy (non-hydrogen) atoms. The van der Waals surface area contributed by atoms with Gasteiger partial charge in [0.15, 0.2) is 0 Å². The van der Waals surface area contributed by atoms with Gasteiger partial charge in [0.2, 0.25) is 0 Å². The average Bonchev–Trinajstić information content (AvgIpc) is 2.22. The largest absolute Gasteiger partial charge is 0.353 e. The van der Waals surface area contributed by atoms with Crippen LogP contribution in [0.4, 0.5) is 5.82 Å².